The van der Waals surface area contributed by atoms with Gasteiger partial charge in [0.2, 0.25) is 0 Å². The fourth-order valence-corrected chi connectivity index (χ4v) is 2.54. The number of nitrogens with two attached hydrogens (primary N) is 3. The minimum Gasteiger partial charge on any atom is -0.497 e. The summed E-state index contributed by atoms with van der Waals surface area (Å²) >= 11 is 0. The van der Waals surface area contributed by atoms with Crippen LogP contribution in [0.1, 0.15) is 5.56 Å². The Morgan fingerprint density at radius 3 is 2.46 bits per heavy atom. The summed E-state index contributed by atoms with van der Waals surface area (Å²) < 4.78 is 11.0. The number of methoxy groups -OCH3 is 1. The molecule has 0 saturated heterocycles. The zero-order chi connectivity index (χ0) is 18.5. The van der Waals surface area contributed by atoms with Gasteiger partial charge in [-0.05, 0) is 28.8 Å². The van der Waals surface area contributed by atoms with Crippen LogP contribution < -0.4 is 32.2 Å². The van der Waals surface area contributed by atoms with Gasteiger partial charge in [-0.1, -0.05) is 36.4 Å². The number of benzene rings is 2. The smallest absolute Gasteiger partial charge is 0.169 e. The molecule has 0 fully saturated rings. The molecule has 2 aromatic carbocycles. The van der Waals surface area contributed by atoms with E-state index >= 15 is 0 Å². The van der Waals surface area contributed by atoms with Crippen LogP contribution >= 0.6 is 0 Å². The lowest BCUT2D eigenvalue weighted by atomic mass is 10.0. The first-order valence-electron chi connectivity index (χ1n) is 7.99. The lowest BCUT2D eigenvalue weighted by Gasteiger charge is -2.13. The lowest BCUT2D eigenvalue weighted by molar-refractivity contribution is 0.308. The van der Waals surface area contributed by atoms with Crippen LogP contribution in [0.25, 0.3) is 11.1 Å². The molecule has 7 N–H and O–H groups in total. The molecule has 134 valence electrons. The Morgan fingerprint density at radius 1 is 1.00 bits per heavy atom. The van der Waals surface area contributed by atoms with E-state index in [0.29, 0.717) is 18.0 Å². The average molecular weight is 351 g/mol. The van der Waals surface area contributed by atoms with Crippen molar-refractivity contribution in [1.29, 1.82) is 0 Å². The summed E-state index contributed by atoms with van der Waals surface area (Å²) in [5, 5.41) is 0. The highest BCUT2D eigenvalue weighted by atomic mass is 16.5. The SMILES string of the molecule is COc1cccc(-c2ccc(COc3cc(N)nc(NN)c3N)cc2)c1. The van der Waals surface area contributed by atoms with E-state index in [-0.39, 0.29) is 11.6 Å². The number of nitrogens with zero attached hydrogens (tertiary/aromatic N) is 1. The van der Waals surface area contributed by atoms with Crippen molar-refractivity contribution in [3.05, 3.63) is 60.2 Å². The molecule has 0 aliphatic carbocycles. The number of nitrogen functional groups attached to an aromatic ring is 3. The van der Waals surface area contributed by atoms with Crippen LogP contribution in [0.15, 0.2) is 54.6 Å². The fraction of sp³-hybridized carbons (Fsp3) is 0.105. The maximum atomic E-state index is 5.96. The van der Waals surface area contributed by atoms with E-state index in [4.69, 9.17) is 26.8 Å². The second kappa shape index (κ2) is 7.62. The van der Waals surface area contributed by atoms with E-state index in [9.17, 15) is 0 Å². The maximum absolute atomic E-state index is 5.96. The molecule has 26 heavy (non-hydrogen) atoms. The fourth-order valence-electron chi connectivity index (χ4n) is 2.54. The second-order valence-corrected chi connectivity index (χ2v) is 5.67. The van der Waals surface area contributed by atoms with E-state index < -0.39 is 0 Å². The van der Waals surface area contributed by atoms with Crippen LogP contribution in [0, 0.1) is 0 Å². The second-order valence-electron chi connectivity index (χ2n) is 5.67. The van der Waals surface area contributed by atoms with Gasteiger partial charge in [0.05, 0.1) is 7.11 Å². The van der Waals surface area contributed by atoms with Crippen molar-refractivity contribution in [2.75, 3.05) is 24.0 Å². The van der Waals surface area contributed by atoms with Gasteiger partial charge >= 0.3 is 0 Å². The molecule has 0 spiro atoms. The molecule has 1 heterocycles. The molecule has 7 heteroatoms. The Morgan fingerprint density at radius 2 is 1.77 bits per heavy atom. The Balaban J connectivity index is 1.73. The molecule has 0 aliphatic heterocycles. The van der Waals surface area contributed by atoms with E-state index in [2.05, 4.69) is 10.4 Å². The number of nitrogens with one attached hydrogen (secondary N) is 1. The molecule has 0 unspecified atom stereocenters. The minimum atomic E-state index is 0.274. The van der Waals surface area contributed by atoms with Crippen LogP contribution in [0.2, 0.25) is 0 Å². The standard InChI is InChI=1S/C19H21N5O2/c1-25-15-4-2-3-14(9-15)13-7-5-12(6-8-13)11-26-16-10-17(20)23-19(24-22)18(16)21/h2-10H,11,21-22H2,1H3,(H3,20,23,24). The normalized spacial score (nSPS) is 10.4. The van der Waals surface area contributed by atoms with Gasteiger partial charge in [0.1, 0.15) is 29.6 Å². The van der Waals surface area contributed by atoms with Gasteiger partial charge < -0.3 is 26.4 Å². The third-order valence-electron chi connectivity index (χ3n) is 3.93. The number of pyridine rings is 1. The largest absolute Gasteiger partial charge is 0.497 e. The highest BCUT2D eigenvalue weighted by Crippen LogP contribution is 2.30. The number of hydrogen-bond donors (Lipinski definition) is 4. The number of ether oxygens (including phenoxy) is 2. The topological polar surface area (TPSA) is 121 Å². The molecular formula is C19H21N5O2. The van der Waals surface area contributed by atoms with Crippen LogP contribution in [0.5, 0.6) is 11.5 Å². The molecule has 0 saturated carbocycles. The molecule has 1 aromatic heterocycles. The van der Waals surface area contributed by atoms with Crippen LogP contribution in [0.3, 0.4) is 0 Å². The number of aromatic nitrogens is 1. The molecular weight excluding hydrogens is 330 g/mol. The third-order valence-corrected chi connectivity index (χ3v) is 3.93. The summed E-state index contributed by atoms with van der Waals surface area (Å²) in [4.78, 5) is 3.99. The summed E-state index contributed by atoms with van der Waals surface area (Å²) in [5.41, 5.74) is 17.6. The summed E-state index contributed by atoms with van der Waals surface area (Å²) in [6.45, 7) is 0.343. The molecule has 7 nitrogen and oxygen atoms in total. The zero-order valence-electron chi connectivity index (χ0n) is 14.4. The highest BCUT2D eigenvalue weighted by Gasteiger charge is 2.09. The van der Waals surface area contributed by atoms with Gasteiger partial charge in [-0.25, -0.2) is 10.8 Å². The van der Waals surface area contributed by atoms with Gasteiger partial charge in [0.15, 0.2) is 5.82 Å². The van der Waals surface area contributed by atoms with Gasteiger partial charge in [0, 0.05) is 6.07 Å². The van der Waals surface area contributed by atoms with Crippen molar-refractivity contribution in [3.8, 4) is 22.6 Å². The van der Waals surface area contributed by atoms with E-state index in [1.807, 2.05) is 48.5 Å². The van der Waals surface area contributed by atoms with Crippen molar-refractivity contribution < 1.29 is 9.47 Å². The third kappa shape index (κ3) is 3.79. The Bertz CT molecular complexity index is 897. The first-order valence-corrected chi connectivity index (χ1v) is 7.99. The molecule has 3 rings (SSSR count). The molecule has 0 aliphatic rings. The molecule has 0 bridgehead atoms. The van der Waals surface area contributed by atoms with Gasteiger partial charge in [-0.3, -0.25) is 0 Å². The first kappa shape index (κ1) is 17.4. The number of hydrazine groups is 1. The summed E-state index contributed by atoms with van der Waals surface area (Å²) in [5.74, 6) is 7.19. The predicted octanol–water partition coefficient (Wildman–Crippen LogP) is 2.79. The monoisotopic (exact) mass is 351 g/mol. The van der Waals surface area contributed by atoms with Crippen molar-refractivity contribution in [3.63, 3.8) is 0 Å². The minimum absolute atomic E-state index is 0.274. The average Bonchev–Trinajstić information content (AvgIpc) is 2.68. The summed E-state index contributed by atoms with van der Waals surface area (Å²) in [6, 6.07) is 17.5. The van der Waals surface area contributed by atoms with Gasteiger partial charge in [-0.15, -0.1) is 0 Å². The lowest BCUT2D eigenvalue weighted by Crippen LogP contribution is -2.13. The maximum Gasteiger partial charge on any atom is 0.169 e. The van der Waals surface area contributed by atoms with Crippen LogP contribution in [-0.4, -0.2) is 12.1 Å². The van der Waals surface area contributed by atoms with Crippen LogP contribution in [-0.2, 0) is 6.61 Å². The first-order chi connectivity index (χ1) is 12.6. The van der Waals surface area contributed by atoms with Crippen molar-refractivity contribution in [1.82, 2.24) is 4.98 Å². The van der Waals surface area contributed by atoms with E-state index in [0.717, 1.165) is 22.4 Å². The van der Waals surface area contributed by atoms with Crippen molar-refractivity contribution in [2.45, 2.75) is 6.61 Å². The summed E-state index contributed by atoms with van der Waals surface area (Å²) in [6.07, 6.45) is 0. The Hall–Kier alpha value is -3.45. The molecule has 0 amide bonds. The van der Waals surface area contributed by atoms with Crippen molar-refractivity contribution >= 4 is 17.3 Å². The number of anilines is 3. The zero-order valence-corrected chi connectivity index (χ0v) is 14.4. The quantitative estimate of drug-likeness (QED) is 0.398. The number of hydrogen-bond acceptors (Lipinski definition) is 7. The highest BCUT2D eigenvalue weighted by molar-refractivity contribution is 5.71. The van der Waals surface area contributed by atoms with E-state index in [1.165, 1.54) is 0 Å². The van der Waals surface area contributed by atoms with Crippen LogP contribution in [0.4, 0.5) is 17.3 Å². The molecule has 3 aromatic rings. The Labute approximate surface area is 151 Å². The van der Waals surface area contributed by atoms with Gasteiger partial charge in [0.25, 0.3) is 0 Å². The number of rotatable bonds is 6. The summed E-state index contributed by atoms with van der Waals surface area (Å²) in [7, 11) is 1.66. The molecule has 0 atom stereocenters. The Kier molecular flexibility index (Phi) is 5.09. The van der Waals surface area contributed by atoms with Crippen molar-refractivity contribution in [2.24, 2.45) is 5.84 Å². The van der Waals surface area contributed by atoms with Gasteiger partial charge in [-0.2, -0.15) is 0 Å². The molecule has 0 radical (unpaired) electrons. The van der Waals surface area contributed by atoms with E-state index in [1.54, 1.807) is 13.2 Å². The predicted molar refractivity (Wildman–Crippen MR) is 104 cm³/mol.